The molecule has 2 aliphatic rings. The molecule has 0 aromatic heterocycles. The summed E-state index contributed by atoms with van der Waals surface area (Å²) in [6.45, 7) is 4.09. The van der Waals surface area contributed by atoms with E-state index in [1.807, 2.05) is 11.0 Å². The molecular weight excluding hydrogens is 421 g/mol. The zero-order valence-corrected chi connectivity index (χ0v) is 18.1. The number of amides is 1. The Labute approximate surface area is 186 Å². The van der Waals surface area contributed by atoms with Crippen LogP contribution in [0.4, 0.5) is 15.8 Å². The zero-order valence-electron chi connectivity index (χ0n) is 17.4. The lowest BCUT2D eigenvalue weighted by Gasteiger charge is -2.36. The van der Waals surface area contributed by atoms with Crippen LogP contribution < -0.4 is 15.0 Å². The SMILES string of the molecule is O=C(CNc1cc(Cl)ccc1OCC1CCCO1)N1CCN(c2ccc(F)cc2)CC1. The van der Waals surface area contributed by atoms with Gasteiger partial charge in [0.25, 0.3) is 0 Å². The molecule has 6 nitrogen and oxygen atoms in total. The molecule has 1 N–H and O–H groups in total. The minimum Gasteiger partial charge on any atom is -0.489 e. The van der Waals surface area contributed by atoms with Crippen LogP contribution in [0.2, 0.25) is 5.02 Å². The molecule has 0 saturated carbocycles. The summed E-state index contributed by atoms with van der Waals surface area (Å²) in [4.78, 5) is 16.7. The van der Waals surface area contributed by atoms with Gasteiger partial charge in [-0.25, -0.2) is 4.39 Å². The van der Waals surface area contributed by atoms with Crippen LogP contribution in [0.5, 0.6) is 5.75 Å². The highest BCUT2D eigenvalue weighted by molar-refractivity contribution is 6.30. The van der Waals surface area contributed by atoms with Crippen molar-refractivity contribution in [3.05, 3.63) is 53.3 Å². The topological polar surface area (TPSA) is 54.0 Å². The Bertz CT molecular complexity index is 882. The highest BCUT2D eigenvalue weighted by Gasteiger charge is 2.22. The minimum atomic E-state index is -0.247. The molecular formula is C23H27ClFN3O3. The monoisotopic (exact) mass is 447 g/mol. The van der Waals surface area contributed by atoms with Gasteiger partial charge in [0.05, 0.1) is 18.3 Å². The molecule has 4 rings (SSSR count). The fourth-order valence-electron chi connectivity index (χ4n) is 3.87. The minimum absolute atomic E-state index is 0.0174. The van der Waals surface area contributed by atoms with Gasteiger partial charge in [0.2, 0.25) is 5.91 Å². The van der Waals surface area contributed by atoms with Crippen molar-refractivity contribution in [2.24, 2.45) is 0 Å². The van der Waals surface area contributed by atoms with Gasteiger partial charge in [0.1, 0.15) is 18.2 Å². The molecule has 0 spiro atoms. The standard InChI is InChI=1S/C23H27ClFN3O3/c24-17-3-8-22(31-16-20-2-1-13-30-20)21(14-17)26-15-23(29)28-11-9-27(10-12-28)19-6-4-18(25)5-7-19/h3-8,14,20,26H,1-2,9-13,15-16H2. The molecule has 1 unspecified atom stereocenters. The van der Waals surface area contributed by atoms with Crippen LogP contribution in [0.25, 0.3) is 0 Å². The first-order valence-electron chi connectivity index (χ1n) is 10.6. The number of halogens is 2. The predicted octanol–water partition coefficient (Wildman–Crippen LogP) is 3.80. The molecule has 2 saturated heterocycles. The molecule has 2 aromatic carbocycles. The van der Waals surface area contributed by atoms with Crippen molar-refractivity contribution >= 4 is 28.9 Å². The van der Waals surface area contributed by atoms with Crippen molar-refractivity contribution in [3.8, 4) is 5.75 Å². The van der Waals surface area contributed by atoms with Crippen molar-refractivity contribution in [1.29, 1.82) is 0 Å². The van der Waals surface area contributed by atoms with Crippen molar-refractivity contribution in [2.45, 2.75) is 18.9 Å². The van der Waals surface area contributed by atoms with E-state index in [-0.39, 0.29) is 24.4 Å². The van der Waals surface area contributed by atoms with E-state index in [2.05, 4.69) is 10.2 Å². The summed E-state index contributed by atoms with van der Waals surface area (Å²) in [5.74, 6) is 0.432. The van der Waals surface area contributed by atoms with E-state index in [1.165, 1.54) is 12.1 Å². The van der Waals surface area contributed by atoms with Crippen LogP contribution in [0.15, 0.2) is 42.5 Å². The first-order valence-corrected chi connectivity index (χ1v) is 11.0. The lowest BCUT2D eigenvalue weighted by molar-refractivity contribution is -0.129. The normalized spacial score (nSPS) is 18.8. The first-order chi connectivity index (χ1) is 15.1. The Kier molecular flexibility index (Phi) is 7.14. The maximum Gasteiger partial charge on any atom is 0.241 e. The maximum absolute atomic E-state index is 13.1. The van der Waals surface area contributed by atoms with E-state index in [0.717, 1.165) is 25.1 Å². The van der Waals surface area contributed by atoms with Gasteiger partial charge in [0.15, 0.2) is 0 Å². The number of ether oxygens (including phenoxy) is 2. The Morgan fingerprint density at radius 2 is 1.94 bits per heavy atom. The summed E-state index contributed by atoms with van der Waals surface area (Å²) in [6, 6.07) is 11.8. The van der Waals surface area contributed by atoms with E-state index in [9.17, 15) is 9.18 Å². The van der Waals surface area contributed by atoms with E-state index in [1.54, 1.807) is 24.3 Å². The molecule has 31 heavy (non-hydrogen) atoms. The smallest absolute Gasteiger partial charge is 0.241 e. The number of nitrogens with zero attached hydrogens (tertiary/aromatic N) is 2. The lowest BCUT2D eigenvalue weighted by Crippen LogP contribution is -2.50. The molecule has 0 bridgehead atoms. The first kappa shape index (κ1) is 21.7. The summed E-state index contributed by atoms with van der Waals surface area (Å²) in [6.07, 6.45) is 2.17. The van der Waals surface area contributed by atoms with Gasteiger partial charge in [-0.05, 0) is 55.3 Å². The summed E-state index contributed by atoms with van der Waals surface area (Å²) >= 11 is 6.15. The fourth-order valence-corrected chi connectivity index (χ4v) is 4.05. The van der Waals surface area contributed by atoms with Crippen molar-refractivity contribution < 1.29 is 18.7 Å². The third-order valence-corrected chi connectivity index (χ3v) is 5.88. The van der Waals surface area contributed by atoms with Crippen LogP contribution in [-0.2, 0) is 9.53 Å². The fraction of sp³-hybridized carbons (Fsp3) is 0.435. The predicted molar refractivity (Wildman–Crippen MR) is 120 cm³/mol. The number of piperazine rings is 1. The quantitative estimate of drug-likeness (QED) is 0.699. The average molecular weight is 448 g/mol. The average Bonchev–Trinajstić information content (AvgIpc) is 3.31. The van der Waals surface area contributed by atoms with Crippen LogP contribution >= 0.6 is 11.6 Å². The number of benzene rings is 2. The number of hydrogen-bond donors (Lipinski definition) is 1. The molecule has 2 aromatic rings. The highest BCUT2D eigenvalue weighted by atomic mass is 35.5. The van der Waals surface area contributed by atoms with Gasteiger partial charge in [-0.3, -0.25) is 4.79 Å². The maximum atomic E-state index is 13.1. The van der Waals surface area contributed by atoms with E-state index in [4.69, 9.17) is 21.1 Å². The number of rotatable bonds is 7. The number of carbonyl (C=O) groups is 1. The third kappa shape index (κ3) is 5.80. The van der Waals surface area contributed by atoms with Gasteiger partial charge >= 0.3 is 0 Å². The lowest BCUT2D eigenvalue weighted by atomic mass is 10.2. The second kappa shape index (κ2) is 10.2. The van der Waals surface area contributed by atoms with Crippen LogP contribution in [0.3, 0.4) is 0 Å². The second-order valence-corrected chi connectivity index (χ2v) is 8.22. The van der Waals surface area contributed by atoms with Gasteiger partial charge in [-0.15, -0.1) is 0 Å². The Balaban J connectivity index is 1.28. The van der Waals surface area contributed by atoms with Crippen LogP contribution in [0.1, 0.15) is 12.8 Å². The molecule has 2 heterocycles. The summed E-state index contributed by atoms with van der Waals surface area (Å²) < 4.78 is 24.7. The second-order valence-electron chi connectivity index (χ2n) is 7.78. The number of anilines is 2. The van der Waals surface area contributed by atoms with E-state index < -0.39 is 0 Å². The van der Waals surface area contributed by atoms with E-state index in [0.29, 0.717) is 49.2 Å². The molecule has 166 valence electrons. The molecule has 2 fully saturated rings. The van der Waals surface area contributed by atoms with Crippen molar-refractivity contribution in [1.82, 2.24) is 4.90 Å². The van der Waals surface area contributed by atoms with Crippen molar-refractivity contribution in [3.63, 3.8) is 0 Å². The number of hydrogen-bond acceptors (Lipinski definition) is 5. The summed E-state index contributed by atoms with van der Waals surface area (Å²) in [5, 5.41) is 3.76. The molecule has 2 aliphatic heterocycles. The molecule has 0 radical (unpaired) electrons. The largest absolute Gasteiger partial charge is 0.489 e. The molecule has 0 aliphatic carbocycles. The zero-order chi connectivity index (χ0) is 21.6. The van der Waals surface area contributed by atoms with Gasteiger partial charge < -0.3 is 24.6 Å². The number of nitrogens with one attached hydrogen (secondary N) is 1. The highest BCUT2D eigenvalue weighted by Crippen LogP contribution is 2.29. The Morgan fingerprint density at radius 1 is 1.16 bits per heavy atom. The van der Waals surface area contributed by atoms with E-state index >= 15 is 0 Å². The van der Waals surface area contributed by atoms with Crippen LogP contribution in [0, 0.1) is 5.82 Å². The summed E-state index contributed by atoms with van der Waals surface area (Å²) in [7, 11) is 0. The molecule has 1 atom stereocenters. The van der Waals surface area contributed by atoms with Crippen molar-refractivity contribution in [2.75, 3.05) is 56.2 Å². The molecule has 1 amide bonds. The Hall–Kier alpha value is -2.51. The van der Waals surface area contributed by atoms with Gasteiger partial charge in [0, 0.05) is 43.5 Å². The van der Waals surface area contributed by atoms with Gasteiger partial charge in [-0.1, -0.05) is 11.6 Å². The third-order valence-electron chi connectivity index (χ3n) is 5.64. The number of carbonyl (C=O) groups excluding carboxylic acids is 1. The van der Waals surface area contributed by atoms with Gasteiger partial charge in [-0.2, -0.15) is 0 Å². The summed E-state index contributed by atoms with van der Waals surface area (Å²) in [5.41, 5.74) is 1.67. The van der Waals surface area contributed by atoms with Crippen LogP contribution in [-0.4, -0.2) is 62.8 Å². The Morgan fingerprint density at radius 3 is 2.65 bits per heavy atom. The molecule has 8 heteroatoms.